The standard InChI is InChI=1S/C20H30N4OS.HI/c1-4-21-20(22-13-6-5-7-19-24-16(2)15-26-19)23-14-12-17-8-10-18(25-3)11-9-17;/h8-11,15H,4-7,12-14H2,1-3H3,(H2,21,22,23);1H. The molecule has 7 heteroatoms. The molecule has 1 aromatic carbocycles. The number of halogens is 1. The van der Waals surface area contributed by atoms with Gasteiger partial charge in [0, 0.05) is 30.7 Å². The molecule has 0 aliphatic rings. The Balaban J connectivity index is 0.00000364. The normalized spacial score (nSPS) is 11.0. The minimum atomic E-state index is 0. The number of ether oxygens (including phenoxy) is 1. The van der Waals surface area contributed by atoms with Gasteiger partial charge in [-0.3, -0.25) is 4.99 Å². The summed E-state index contributed by atoms with van der Waals surface area (Å²) in [6.07, 6.45) is 4.21. The van der Waals surface area contributed by atoms with E-state index in [2.05, 4.69) is 45.0 Å². The first-order chi connectivity index (χ1) is 12.7. The Hall–Kier alpha value is -1.35. The van der Waals surface area contributed by atoms with Gasteiger partial charge in [0.2, 0.25) is 0 Å². The number of hydrogen-bond donors (Lipinski definition) is 2. The molecular formula is C20H31IN4OS. The van der Waals surface area contributed by atoms with Gasteiger partial charge in [0.25, 0.3) is 0 Å². The maximum atomic E-state index is 5.19. The summed E-state index contributed by atoms with van der Waals surface area (Å²) in [4.78, 5) is 9.17. The molecule has 2 aromatic rings. The summed E-state index contributed by atoms with van der Waals surface area (Å²) in [6, 6.07) is 8.20. The molecule has 2 N–H and O–H groups in total. The average Bonchev–Trinajstić information content (AvgIpc) is 3.07. The van der Waals surface area contributed by atoms with Gasteiger partial charge in [-0.25, -0.2) is 4.98 Å². The van der Waals surface area contributed by atoms with Crippen LogP contribution in [0.4, 0.5) is 0 Å². The Labute approximate surface area is 184 Å². The molecule has 1 heterocycles. The van der Waals surface area contributed by atoms with E-state index in [0.29, 0.717) is 0 Å². The monoisotopic (exact) mass is 502 g/mol. The summed E-state index contributed by atoms with van der Waals surface area (Å²) >= 11 is 1.75. The minimum absolute atomic E-state index is 0. The highest BCUT2D eigenvalue weighted by Crippen LogP contribution is 2.12. The van der Waals surface area contributed by atoms with Crippen molar-refractivity contribution in [1.82, 2.24) is 15.6 Å². The number of aromatic nitrogens is 1. The maximum Gasteiger partial charge on any atom is 0.191 e. The third-order valence-electron chi connectivity index (χ3n) is 3.94. The number of methoxy groups -OCH3 is 1. The fourth-order valence-corrected chi connectivity index (χ4v) is 3.37. The Morgan fingerprint density at radius 2 is 1.93 bits per heavy atom. The molecule has 0 saturated heterocycles. The number of aliphatic imine (C=N–C) groups is 1. The van der Waals surface area contributed by atoms with Crippen molar-refractivity contribution >= 4 is 41.3 Å². The van der Waals surface area contributed by atoms with Crippen LogP contribution >= 0.6 is 35.3 Å². The van der Waals surface area contributed by atoms with Gasteiger partial charge >= 0.3 is 0 Å². The van der Waals surface area contributed by atoms with Crippen LogP contribution < -0.4 is 15.4 Å². The molecule has 0 amide bonds. The van der Waals surface area contributed by atoms with E-state index in [1.54, 1.807) is 18.4 Å². The molecule has 0 aliphatic heterocycles. The predicted octanol–water partition coefficient (Wildman–Crippen LogP) is 4.20. The zero-order valence-corrected chi connectivity index (χ0v) is 19.6. The molecule has 0 bridgehead atoms. The largest absolute Gasteiger partial charge is 0.497 e. The van der Waals surface area contributed by atoms with Gasteiger partial charge in [0.15, 0.2) is 5.96 Å². The quantitative estimate of drug-likeness (QED) is 0.221. The molecule has 150 valence electrons. The number of unbranched alkanes of at least 4 members (excludes halogenated alkanes) is 1. The lowest BCUT2D eigenvalue weighted by Gasteiger charge is -2.11. The summed E-state index contributed by atoms with van der Waals surface area (Å²) in [5, 5.41) is 10.1. The van der Waals surface area contributed by atoms with Gasteiger partial charge in [-0.2, -0.15) is 0 Å². The second kappa shape index (κ2) is 13.8. The van der Waals surface area contributed by atoms with Crippen LogP contribution in [0.2, 0.25) is 0 Å². The third kappa shape index (κ3) is 9.41. The van der Waals surface area contributed by atoms with Crippen molar-refractivity contribution in [1.29, 1.82) is 0 Å². The van der Waals surface area contributed by atoms with Crippen LogP contribution in [0.15, 0.2) is 34.6 Å². The summed E-state index contributed by atoms with van der Waals surface area (Å²) in [6.45, 7) is 6.70. The molecule has 0 spiro atoms. The van der Waals surface area contributed by atoms with Gasteiger partial charge in [-0.1, -0.05) is 12.1 Å². The zero-order chi connectivity index (χ0) is 18.6. The first-order valence-electron chi connectivity index (χ1n) is 9.27. The second-order valence-electron chi connectivity index (χ2n) is 6.13. The number of rotatable bonds is 10. The molecule has 5 nitrogen and oxygen atoms in total. The molecule has 0 atom stereocenters. The minimum Gasteiger partial charge on any atom is -0.497 e. The fraction of sp³-hybridized carbons (Fsp3) is 0.500. The van der Waals surface area contributed by atoms with E-state index < -0.39 is 0 Å². The molecule has 2 rings (SSSR count). The van der Waals surface area contributed by atoms with Crippen molar-refractivity contribution in [3.63, 3.8) is 0 Å². The lowest BCUT2D eigenvalue weighted by Crippen LogP contribution is -2.38. The number of guanidine groups is 1. The highest BCUT2D eigenvalue weighted by atomic mass is 127. The van der Waals surface area contributed by atoms with Crippen LogP contribution in [0.1, 0.15) is 36.0 Å². The Bertz CT molecular complexity index is 673. The average molecular weight is 502 g/mol. The summed E-state index contributed by atoms with van der Waals surface area (Å²) in [7, 11) is 1.69. The second-order valence-corrected chi connectivity index (χ2v) is 7.07. The summed E-state index contributed by atoms with van der Waals surface area (Å²) in [5.74, 6) is 1.79. The zero-order valence-electron chi connectivity index (χ0n) is 16.5. The van der Waals surface area contributed by atoms with Gasteiger partial charge in [-0.05, 0) is 57.2 Å². The molecule has 0 aliphatic carbocycles. The molecule has 0 fully saturated rings. The van der Waals surface area contributed by atoms with Crippen LogP contribution in [0.5, 0.6) is 5.75 Å². The number of benzene rings is 1. The highest BCUT2D eigenvalue weighted by Gasteiger charge is 2.00. The van der Waals surface area contributed by atoms with E-state index in [1.165, 1.54) is 10.6 Å². The van der Waals surface area contributed by atoms with Crippen molar-refractivity contribution in [2.45, 2.75) is 39.5 Å². The molecule has 27 heavy (non-hydrogen) atoms. The molecular weight excluding hydrogens is 471 g/mol. The lowest BCUT2D eigenvalue weighted by molar-refractivity contribution is 0.414. The molecule has 0 radical (unpaired) electrons. The van der Waals surface area contributed by atoms with E-state index in [4.69, 9.17) is 4.74 Å². The van der Waals surface area contributed by atoms with Crippen molar-refractivity contribution < 1.29 is 4.74 Å². The van der Waals surface area contributed by atoms with Crippen LogP contribution in [0.25, 0.3) is 0 Å². The van der Waals surface area contributed by atoms with E-state index in [9.17, 15) is 0 Å². The Morgan fingerprint density at radius 1 is 1.15 bits per heavy atom. The lowest BCUT2D eigenvalue weighted by atomic mass is 10.1. The Morgan fingerprint density at radius 3 is 2.56 bits per heavy atom. The smallest absolute Gasteiger partial charge is 0.191 e. The summed E-state index contributed by atoms with van der Waals surface area (Å²) in [5.41, 5.74) is 2.41. The molecule has 0 saturated carbocycles. The number of nitrogens with one attached hydrogen (secondary N) is 2. The van der Waals surface area contributed by atoms with Crippen LogP contribution in [-0.4, -0.2) is 37.7 Å². The number of thiazole rings is 1. The van der Waals surface area contributed by atoms with Gasteiger partial charge < -0.3 is 15.4 Å². The third-order valence-corrected chi connectivity index (χ3v) is 4.97. The van der Waals surface area contributed by atoms with Crippen LogP contribution in [0.3, 0.4) is 0 Å². The van der Waals surface area contributed by atoms with Gasteiger partial charge in [0.05, 0.1) is 12.1 Å². The van der Waals surface area contributed by atoms with E-state index in [0.717, 1.165) is 62.7 Å². The molecule has 1 aromatic heterocycles. The number of hydrogen-bond acceptors (Lipinski definition) is 4. The topological polar surface area (TPSA) is 58.5 Å². The number of aryl methyl sites for hydroxylation is 2. The van der Waals surface area contributed by atoms with E-state index in [-0.39, 0.29) is 24.0 Å². The van der Waals surface area contributed by atoms with Crippen molar-refractivity contribution in [2.24, 2.45) is 4.99 Å². The maximum absolute atomic E-state index is 5.19. The van der Waals surface area contributed by atoms with Crippen molar-refractivity contribution in [3.05, 3.63) is 45.9 Å². The van der Waals surface area contributed by atoms with Crippen molar-refractivity contribution in [3.8, 4) is 5.75 Å². The SMILES string of the molecule is CCNC(=NCCCCc1nc(C)cs1)NCCc1ccc(OC)cc1.I. The first-order valence-corrected chi connectivity index (χ1v) is 10.2. The Kier molecular flexibility index (Phi) is 12.1. The van der Waals surface area contributed by atoms with Gasteiger partial charge in [-0.15, -0.1) is 35.3 Å². The van der Waals surface area contributed by atoms with Gasteiger partial charge in [0.1, 0.15) is 5.75 Å². The highest BCUT2D eigenvalue weighted by molar-refractivity contribution is 14.0. The predicted molar refractivity (Wildman–Crippen MR) is 126 cm³/mol. The van der Waals surface area contributed by atoms with Crippen LogP contribution in [-0.2, 0) is 12.8 Å². The number of nitrogens with zero attached hydrogens (tertiary/aromatic N) is 2. The molecule has 0 unspecified atom stereocenters. The summed E-state index contributed by atoms with van der Waals surface area (Å²) < 4.78 is 5.19. The van der Waals surface area contributed by atoms with Crippen LogP contribution in [0, 0.1) is 6.92 Å². The fourth-order valence-electron chi connectivity index (χ4n) is 2.56. The van der Waals surface area contributed by atoms with Crippen molar-refractivity contribution in [2.75, 3.05) is 26.7 Å². The first kappa shape index (κ1) is 23.7. The van der Waals surface area contributed by atoms with E-state index >= 15 is 0 Å². The van der Waals surface area contributed by atoms with E-state index in [1.807, 2.05) is 19.1 Å².